The number of nitrogens with zero attached hydrogens (tertiary/aromatic N) is 3. The number of likely N-dealkylation sites (N-methyl/N-ethyl adjacent to an activating group) is 1. The van der Waals surface area contributed by atoms with Crippen molar-refractivity contribution in [3.63, 3.8) is 0 Å². The van der Waals surface area contributed by atoms with E-state index in [1.165, 1.54) is 12.1 Å². The first-order valence-corrected chi connectivity index (χ1v) is 8.12. The number of halogens is 1. The van der Waals surface area contributed by atoms with E-state index in [1.807, 2.05) is 36.6 Å². The minimum Gasteiger partial charge on any atom is -0.342 e. The van der Waals surface area contributed by atoms with Crippen LogP contribution in [0.4, 0.5) is 4.39 Å². The topological polar surface area (TPSA) is 38.1 Å². The van der Waals surface area contributed by atoms with Crippen molar-refractivity contribution in [2.45, 2.75) is 20.4 Å². The summed E-state index contributed by atoms with van der Waals surface area (Å²) < 4.78 is 15.1. The van der Waals surface area contributed by atoms with Gasteiger partial charge in [-0.1, -0.05) is 0 Å². The van der Waals surface area contributed by atoms with Gasteiger partial charge in [-0.15, -0.1) is 0 Å². The number of aromatic nitrogens is 2. The third kappa shape index (κ3) is 3.02. The van der Waals surface area contributed by atoms with E-state index in [4.69, 9.17) is 0 Å². The molecule has 0 saturated heterocycles. The van der Waals surface area contributed by atoms with Gasteiger partial charge in [0.05, 0.1) is 5.69 Å². The van der Waals surface area contributed by atoms with Crippen LogP contribution in [0.1, 0.15) is 13.8 Å². The van der Waals surface area contributed by atoms with Gasteiger partial charge in [0.1, 0.15) is 18.0 Å². The zero-order valence-corrected chi connectivity index (χ0v) is 13.9. The summed E-state index contributed by atoms with van der Waals surface area (Å²) in [7, 11) is 0. The maximum atomic E-state index is 13.2. The second-order valence-electron chi connectivity index (χ2n) is 5.60. The summed E-state index contributed by atoms with van der Waals surface area (Å²) in [5.41, 5.74) is 2.49. The van der Waals surface area contributed by atoms with E-state index in [-0.39, 0.29) is 18.3 Å². The fourth-order valence-electron chi connectivity index (χ4n) is 2.92. The molecule has 0 aliphatic heterocycles. The fourth-order valence-corrected chi connectivity index (χ4v) is 2.92. The molecule has 2 aromatic heterocycles. The second-order valence-corrected chi connectivity index (χ2v) is 5.60. The summed E-state index contributed by atoms with van der Waals surface area (Å²) in [4.78, 5) is 18.8. The Morgan fingerprint density at radius 2 is 1.88 bits per heavy atom. The highest BCUT2D eigenvalue weighted by Crippen LogP contribution is 2.27. The van der Waals surface area contributed by atoms with Gasteiger partial charge in [0.2, 0.25) is 5.91 Å². The molecule has 0 saturated carbocycles. The van der Waals surface area contributed by atoms with Gasteiger partial charge in [0.25, 0.3) is 0 Å². The molecule has 5 heteroatoms. The average Bonchev–Trinajstić information content (AvgIpc) is 2.95. The average molecular weight is 325 g/mol. The molecule has 0 radical (unpaired) electrons. The molecule has 124 valence electrons. The molecule has 24 heavy (non-hydrogen) atoms. The molecular formula is C19H20FN3O. The molecule has 1 aromatic carbocycles. The summed E-state index contributed by atoms with van der Waals surface area (Å²) in [6.07, 6.45) is 1.72. The van der Waals surface area contributed by atoms with Crippen LogP contribution in [0.5, 0.6) is 0 Å². The number of hydrogen-bond donors (Lipinski definition) is 0. The van der Waals surface area contributed by atoms with Crippen LogP contribution >= 0.6 is 0 Å². The second kappa shape index (κ2) is 6.83. The normalized spacial score (nSPS) is 11.0. The maximum absolute atomic E-state index is 13.2. The highest BCUT2D eigenvalue weighted by molar-refractivity contribution is 5.87. The Morgan fingerprint density at radius 3 is 2.54 bits per heavy atom. The zero-order valence-electron chi connectivity index (χ0n) is 13.9. The Morgan fingerprint density at radius 1 is 1.17 bits per heavy atom. The minimum absolute atomic E-state index is 0.0477. The molecule has 0 atom stereocenters. The van der Waals surface area contributed by atoms with Crippen molar-refractivity contribution in [2.75, 3.05) is 13.1 Å². The van der Waals surface area contributed by atoms with Crippen LogP contribution in [-0.4, -0.2) is 33.4 Å². The molecule has 0 aliphatic carbocycles. The molecule has 0 bridgehead atoms. The molecule has 0 spiro atoms. The number of carbonyl (C=O) groups is 1. The molecule has 0 N–H and O–H groups in total. The van der Waals surface area contributed by atoms with Gasteiger partial charge in [-0.2, -0.15) is 0 Å². The maximum Gasteiger partial charge on any atom is 0.242 e. The minimum atomic E-state index is -0.279. The standard InChI is InChI=1S/C19H20FN3O/c1-3-22(4-2)18(24)13-23-17(14-7-9-16(20)10-8-14)12-15-6-5-11-21-19(15)23/h5-12H,3-4,13H2,1-2H3. The first-order valence-electron chi connectivity index (χ1n) is 8.12. The van der Waals surface area contributed by atoms with Crippen molar-refractivity contribution in [2.24, 2.45) is 0 Å². The van der Waals surface area contributed by atoms with Crippen molar-refractivity contribution in [3.8, 4) is 11.3 Å². The zero-order chi connectivity index (χ0) is 17.1. The van der Waals surface area contributed by atoms with Crippen LogP contribution in [0, 0.1) is 5.82 Å². The summed E-state index contributed by atoms with van der Waals surface area (Å²) in [6, 6.07) is 12.1. The van der Waals surface area contributed by atoms with E-state index in [2.05, 4.69) is 4.98 Å². The van der Waals surface area contributed by atoms with E-state index >= 15 is 0 Å². The van der Waals surface area contributed by atoms with Gasteiger partial charge in [0.15, 0.2) is 0 Å². The lowest BCUT2D eigenvalue weighted by Crippen LogP contribution is -2.33. The number of benzene rings is 1. The number of rotatable bonds is 5. The van der Waals surface area contributed by atoms with Crippen LogP contribution < -0.4 is 0 Å². The largest absolute Gasteiger partial charge is 0.342 e. The third-order valence-electron chi connectivity index (χ3n) is 4.21. The highest BCUT2D eigenvalue weighted by Gasteiger charge is 2.17. The molecule has 3 aromatic rings. The summed E-state index contributed by atoms with van der Waals surface area (Å²) >= 11 is 0. The Kier molecular flexibility index (Phi) is 4.60. The number of pyridine rings is 1. The van der Waals surface area contributed by atoms with Crippen LogP contribution in [0.25, 0.3) is 22.3 Å². The van der Waals surface area contributed by atoms with Crippen molar-refractivity contribution in [3.05, 3.63) is 54.5 Å². The summed E-state index contributed by atoms with van der Waals surface area (Å²) in [5.74, 6) is -0.231. The number of amides is 1. The Labute approximate surface area is 140 Å². The van der Waals surface area contributed by atoms with Gasteiger partial charge in [0, 0.05) is 24.7 Å². The first-order chi connectivity index (χ1) is 11.6. The van der Waals surface area contributed by atoms with Crippen molar-refractivity contribution in [1.29, 1.82) is 0 Å². The molecular weight excluding hydrogens is 305 g/mol. The molecule has 0 unspecified atom stereocenters. The Hall–Kier alpha value is -2.69. The van der Waals surface area contributed by atoms with Gasteiger partial charge in [-0.25, -0.2) is 9.37 Å². The van der Waals surface area contributed by atoms with Crippen LogP contribution in [0.3, 0.4) is 0 Å². The predicted molar refractivity (Wildman–Crippen MR) is 93.1 cm³/mol. The van der Waals surface area contributed by atoms with Crippen molar-refractivity contribution >= 4 is 16.9 Å². The summed E-state index contributed by atoms with van der Waals surface area (Å²) in [5, 5.41) is 0.962. The third-order valence-corrected chi connectivity index (χ3v) is 4.21. The Bertz CT molecular complexity index is 851. The van der Waals surface area contributed by atoms with Crippen LogP contribution in [-0.2, 0) is 11.3 Å². The molecule has 0 aliphatic rings. The van der Waals surface area contributed by atoms with E-state index in [0.29, 0.717) is 13.1 Å². The highest BCUT2D eigenvalue weighted by atomic mass is 19.1. The van der Waals surface area contributed by atoms with Gasteiger partial charge >= 0.3 is 0 Å². The lowest BCUT2D eigenvalue weighted by molar-refractivity contribution is -0.131. The van der Waals surface area contributed by atoms with Crippen molar-refractivity contribution < 1.29 is 9.18 Å². The lowest BCUT2D eigenvalue weighted by Gasteiger charge is -2.20. The van der Waals surface area contributed by atoms with Gasteiger partial charge in [-0.05, 0) is 61.9 Å². The predicted octanol–water partition coefficient (Wildman–Crippen LogP) is 3.71. The molecule has 4 nitrogen and oxygen atoms in total. The van der Waals surface area contributed by atoms with Gasteiger partial charge in [-0.3, -0.25) is 4.79 Å². The van der Waals surface area contributed by atoms with Gasteiger partial charge < -0.3 is 9.47 Å². The van der Waals surface area contributed by atoms with Crippen LogP contribution in [0.2, 0.25) is 0 Å². The Balaban J connectivity index is 2.08. The molecule has 0 fully saturated rings. The van der Waals surface area contributed by atoms with E-state index in [0.717, 1.165) is 22.3 Å². The number of fused-ring (bicyclic) bond motifs is 1. The van der Waals surface area contributed by atoms with Crippen molar-refractivity contribution in [1.82, 2.24) is 14.5 Å². The summed E-state index contributed by atoms with van der Waals surface area (Å²) in [6.45, 7) is 5.50. The van der Waals surface area contributed by atoms with Crippen LogP contribution in [0.15, 0.2) is 48.7 Å². The first kappa shape index (κ1) is 16.2. The molecule has 1 amide bonds. The van der Waals surface area contributed by atoms with E-state index < -0.39 is 0 Å². The fraction of sp³-hybridized carbons (Fsp3) is 0.263. The monoisotopic (exact) mass is 325 g/mol. The smallest absolute Gasteiger partial charge is 0.242 e. The quantitative estimate of drug-likeness (QED) is 0.717. The number of carbonyl (C=O) groups excluding carboxylic acids is 1. The van der Waals surface area contributed by atoms with E-state index in [9.17, 15) is 9.18 Å². The number of hydrogen-bond acceptors (Lipinski definition) is 2. The molecule has 2 heterocycles. The SMILES string of the molecule is CCN(CC)C(=O)Cn1c(-c2ccc(F)cc2)cc2cccnc21. The molecule has 3 rings (SSSR count). The lowest BCUT2D eigenvalue weighted by atomic mass is 10.1. The van der Waals surface area contributed by atoms with E-state index in [1.54, 1.807) is 23.2 Å².